The lowest BCUT2D eigenvalue weighted by atomic mass is 10.2. The first-order chi connectivity index (χ1) is 8.86. The summed E-state index contributed by atoms with van der Waals surface area (Å²) in [5.74, 6) is -2.29. The molecule has 0 atom stereocenters. The van der Waals surface area contributed by atoms with Crippen molar-refractivity contribution in [3.8, 4) is 0 Å². The molecule has 0 radical (unpaired) electrons. The molecule has 100 valence electrons. The summed E-state index contributed by atoms with van der Waals surface area (Å²) >= 11 is 1.56. The third-order valence-corrected chi connectivity index (χ3v) is 3.69. The molecule has 1 aromatic carbocycles. The number of carbonyl (C=O) groups is 1. The fraction of sp³-hybridized carbons (Fsp3) is 0.100. The number of hydrogen-bond donors (Lipinski definition) is 1. The monoisotopic (exact) mass is 306 g/mol. The smallest absolute Gasteiger partial charge is 0.452 e. The molecule has 1 aromatic heterocycles. The third kappa shape index (κ3) is 3.44. The molecule has 9 heteroatoms. The Morgan fingerprint density at radius 1 is 1.37 bits per heavy atom. The van der Waals surface area contributed by atoms with Crippen molar-refractivity contribution in [2.24, 2.45) is 0 Å². The number of benzene rings is 1. The Hall–Kier alpha value is -1.61. The highest BCUT2D eigenvalue weighted by atomic mass is 32.2. The third-order valence-electron chi connectivity index (χ3n) is 1.95. The number of aromatic nitrogens is 2. The van der Waals surface area contributed by atoms with E-state index in [0.717, 1.165) is 11.8 Å². The Bertz CT molecular complexity index is 613. The quantitative estimate of drug-likeness (QED) is 0.941. The minimum atomic E-state index is -4.57. The lowest BCUT2D eigenvalue weighted by molar-refractivity contribution is -0.144. The van der Waals surface area contributed by atoms with Crippen molar-refractivity contribution >= 4 is 29.3 Å². The van der Waals surface area contributed by atoms with Gasteiger partial charge in [0.2, 0.25) is 5.82 Å². The van der Waals surface area contributed by atoms with E-state index in [1.54, 1.807) is 6.07 Å². The van der Waals surface area contributed by atoms with Crippen LogP contribution in [0.5, 0.6) is 0 Å². The number of aromatic carboxylic acids is 1. The molecule has 0 fully saturated rings. The Kier molecular flexibility index (Phi) is 3.76. The molecule has 4 nitrogen and oxygen atoms in total. The first-order valence-corrected chi connectivity index (χ1v) is 6.37. The van der Waals surface area contributed by atoms with Crippen molar-refractivity contribution < 1.29 is 23.1 Å². The van der Waals surface area contributed by atoms with Crippen LogP contribution in [0.2, 0.25) is 0 Å². The summed E-state index contributed by atoms with van der Waals surface area (Å²) in [5, 5.41) is 8.80. The van der Waals surface area contributed by atoms with E-state index in [2.05, 4.69) is 9.36 Å². The zero-order chi connectivity index (χ0) is 14.0. The molecule has 0 unspecified atom stereocenters. The van der Waals surface area contributed by atoms with Crippen LogP contribution in [0.4, 0.5) is 13.2 Å². The highest BCUT2D eigenvalue weighted by Crippen LogP contribution is 2.34. The predicted octanol–water partition coefficient (Wildman–Crippen LogP) is 3.41. The summed E-state index contributed by atoms with van der Waals surface area (Å²) < 4.78 is 40.2. The molecule has 0 aliphatic rings. The molecule has 0 aliphatic heterocycles. The van der Waals surface area contributed by atoms with Crippen LogP contribution >= 0.6 is 23.3 Å². The molecular formula is C10H5F3N2O2S2. The summed E-state index contributed by atoms with van der Waals surface area (Å²) in [4.78, 5) is 14.6. The molecule has 19 heavy (non-hydrogen) atoms. The van der Waals surface area contributed by atoms with Gasteiger partial charge in [0.1, 0.15) is 0 Å². The van der Waals surface area contributed by atoms with E-state index < -0.39 is 18.0 Å². The van der Waals surface area contributed by atoms with Crippen molar-refractivity contribution in [3.05, 3.63) is 35.7 Å². The fourth-order valence-corrected chi connectivity index (χ4v) is 2.81. The van der Waals surface area contributed by atoms with E-state index in [1.807, 2.05) is 0 Å². The fourth-order valence-electron chi connectivity index (χ4n) is 1.16. The van der Waals surface area contributed by atoms with Gasteiger partial charge in [0.15, 0.2) is 4.34 Å². The highest BCUT2D eigenvalue weighted by molar-refractivity contribution is 8.01. The van der Waals surface area contributed by atoms with Gasteiger partial charge in [-0.25, -0.2) is 9.78 Å². The van der Waals surface area contributed by atoms with Crippen LogP contribution in [0.25, 0.3) is 0 Å². The van der Waals surface area contributed by atoms with Crippen molar-refractivity contribution in [1.29, 1.82) is 0 Å². The van der Waals surface area contributed by atoms with Gasteiger partial charge >= 0.3 is 12.1 Å². The minimum Gasteiger partial charge on any atom is -0.478 e. The van der Waals surface area contributed by atoms with Crippen LogP contribution in [0, 0.1) is 0 Å². The van der Waals surface area contributed by atoms with Crippen LogP contribution in [0.15, 0.2) is 33.5 Å². The second kappa shape index (κ2) is 5.17. The second-order valence-electron chi connectivity index (χ2n) is 3.32. The maximum Gasteiger partial charge on any atom is 0.452 e. The Morgan fingerprint density at radius 2 is 2.11 bits per heavy atom. The first kappa shape index (κ1) is 13.8. The maximum absolute atomic E-state index is 12.3. The molecule has 0 amide bonds. The number of carboxylic acids is 1. The van der Waals surface area contributed by atoms with Crippen molar-refractivity contribution in [2.45, 2.75) is 15.4 Å². The summed E-state index contributed by atoms with van der Waals surface area (Å²) in [7, 11) is 0. The largest absolute Gasteiger partial charge is 0.478 e. The second-order valence-corrected chi connectivity index (χ2v) is 5.39. The summed E-state index contributed by atoms with van der Waals surface area (Å²) in [6.45, 7) is 0. The molecule has 1 heterocycles. The molecule has 2 aromatic rings. The van der Waals surface area contributed by atoms with Crippen molar-refractivity contribution in [3.63, 3.8) is 0 Å². The average Bonchev–Trinajstić information content (AvgIpc) is 2.77. The standard InChI is InChI=1S/C10H5F3N2O2S2/c11-10(12,13)8-14-9(19-15-8)18-6-3-1-2-5(4-6)7(16)17/h1-4H,(H,16,17). The van der Waals surface area contributed by atoms with E-state index in [4.69, 9.17) is 5.11 Å². The van der Waals surface area contributed by atoms with Crippen LogP contribution in [0.1, 0.15) is 16.2 Å². The van der Waals surface area contributed by atoms with Gasteiger partial charge in [-0.15, -0.1) is 0 Å². The Balaban J connectivity index is 2.19. The van der Waals surface area contributed by atoms with Crippen LogP contribution in [-0.4, -0.2) is 20.4 Å². The molecule has 2 rings (SSSR count). The molecule has 0 saturated carbocycles. The van der Waals surface area contributed by atoms with E-state index >= 15 is 0 Å². The van der Waals surface area contributed by atoms with Crippen LogP contribution in [0.3, 0.4) is 0 Å². The number of halogens is 3. The maximum atomic E-state index is 12.3. The van der Waals surface area contributed by atoms with E-state index in [9.17, 15) is 18.0 Å². The molecule has 0 saturated heterocycles. The van der Waals surface area contributed by atoms with Crippen LogP contribution in [-0.2, 0) is 6.18 Å². The topological polar surface area (TPSA) is 63.1 Å². The van der Waals surface area contributed by atoms with Gasteiger partial charge in [0.05, 0.1) is 5.56 Å². The number of nitrogens with zero attached hydrogens (tertiary/aromatic N) is 2. The van der Waals surface area contributed by atoms with Crippen LogP contribution < -0.4 is 0 Å². The summed E-state index contributed by atoms with van der Waals surface area (Å²) in [5.41, 5.74) is 0.0607. The Labute approximate surface area is 113 Å². The number of alkyl halides is 3. The van der Waals surface area contributed by atoms with E-state index in [-0.39, 0.29) is 9.90 Å². The molecule has 0 aliphatic carbocycles. The number of rotatable bonds is 3. The lowest BCUT2D eigenvalue weighted by Crippen LogP contribution is -2.06. The van der Waals surface area contributed by atoms with Gasteiger partial charge < -0.3 is 5.11 Å². The van der Waals surface area contributed by atoms with Gasteiger partial charge in [0, 0.05) is 4.90 Å². The predicted molar refractivity (Wildman–Crippen MR) is 62.4 cm³/mol. The Morgan fingerprint density at radius 3 is 2.68 bits per heavy atom. The van der Waals surface area contributed by atoms with E-state index in [1.165, 1.54) is 18.2 Å². The molecule has 1 N–H and O–H groups in total. The molecule has 0 spiro atoms. The zero-order valence-electron chi connectivity index (χ0n) is 9.01. The van der Waals surface area contributed by atoms with Gasteiger partial charge in [-0.2, -0.15) is 17.5 Å². The molecular weight excluding hydrogens is 301 g/mol. The molecule has 0 bridgehead atoms. The van der Waals surface area contributed by atoms with Crippen molar-refractivity contribution in [2.75, 3.05) is 0 Å². The number of carboxylic acid groups (broad SMARTS) is 1. The average molecular weight is 306 g/mol. The van der Waals surface area contributed by atoms with Crippen molar-refractivity contribution in [1.82, 2.24) is 9.36 Å². The first-order valence-electron chi connectivity index (χ1n) is 4.78. The minimum absolute atomic E-state index is 0.0607. The van der Waals surface area contributed by atoms with E-state index in [0.29, 0.717) is 16.4 Å². The van der Waals surface area contributed by atoms with Gasteiger partial charge in [-0.1, -0.05) is 17.8 Å². The van der Waals surface area contributed by atoms with Gasteiger partial charge in [-0.05, 0) is 29.7 Å². The SMILES string of the molecule is O=C(O)c1cccc(Sc2nc(C(F)(F)F)ns2)c1. The van der Waals surface area contributed by atoms with Gasteiger partial charge in [0.25, 0.3) is 0 Å². The lowest BCUT2D eigenvalue weighted by Gasteiger charge is -1.99. The highest BCUT2D eigenvalue weighted by Gasteiger charge is 2.36. The van der Waals surface area contributed by atoms with Gasteiger partial charge in [-0.3, -0.25) is 0 Å². The zero-order valence-corrected chi connectivity index (χ0v) is 10.6. The normalized spacial score (nSPS) is 11.5. The summed E-state index contributed by atoms with van der Waals surface area (Å²) in [6, 6.07) is 5.86. The number of hydrogen-bond acceptors (Lipinski definition) is 5. The summed E-state index contributed by atoms with van der Waals surface area (Å²) in [6.07, 6.45) is -4.57.